The summed E-state index contributed by atoms with van der Waals surface area (Å²) in [6, 6.07) is 1.46. The van der Waals surface area contributed by atoms with E-state index in [2.05, 4.69) is 48.1 Å². The van der Waals surface area contributed by atoms with Gasteiger partial charge in [0.15, 0.2) is 0 Å². The number of nitrogens with zero attached hydrogens (tertiary/aromatic N) is 2. The van der Waals surface area contributed by atoms with Gasteiger partial charge in [0.1, 0.15) is 0 Å². The quantitative estimate of drug-likeness (QED) is 0.0662. The Morgan fingerprint density at radius 2 is 0.652 bits per heavy atom. The minimum absolute atomic E-state index is 0.732. The predicted molar refractivity (Wildman–Crippen MR) is 208 cm³/mol. The molecule has 0 spiro atoms. The van der Waals surface area contributed by atoms with E-state index in [-0.39, 0.29) is 0 Å². The fourth-order valence-corrected chi connectivity index (χ4v) is 7.47. The summed E-state index contributed by atoms with van der Waals surface area (Å²) >= 11 is 0. The molecule has 0 aromatic heterocycles. The van der Waals surface area contributed by atoms with Crippen molar-refractivity contribution in [3.8, 4) is 0 Å². The molecule has 0 saturated carbocycles. The first kappa shape index (κ1) is 43.9. The highest BCUT2D eigenvalue weighted by atomic mass is 15.3. The number of rotatable bonds is 36. The van der Waals surface area contributed by atoms with Crippen molar-refractivity contribution in [2.24, 2.45) is 0 Å². The highest BCUT2D eigenvalue weighted by molar-refractivity contribution is 4.74. The van der Waals surface area contributed by atoms with Gasteiger partial charge >= 0.3 is 0 Å². The zero-order chi connectivity index (χ0) is 33.2. The van der Waals surface area contributed by atoms with Crippen LogP contribution in [0.4, 0.5) is 0 Å². The average Bonchev–Trinajstić information content (AvgIpc) is 3.08. The van der Waals surface area contributed by atoms with Crippen molar-refractivity contribution in [3.63, 3.8) is 0 Å². The molecule has 2 N–H and O–H groups in total. The minimum Gasteiger partial charge on any atom is -0.314 e. The first-order valence-electron chi connectivity index (χ1n) is 21.6. The van der Waals surface area contributed by atoms with Crippen LogP contribution in [0.3, 0.4) is 0 Å². The molecule has 1 fully saturated rings. The molecule has 0 aromatic carbocycles. The molecule has 1 rings (SSSR count). The van der Waals surface area contributed by atoms with Gasteiger partial charge in [0.05, 0.1) is 0 Å². The Morgan fingerprint density at radius 3 is 0.935 bits per heavy atom. The zero-order valence-electron chi connectivity index (χ0n) is 32.5. The van der Waals surface area contributed by atoms with E-state index >= 15 is 0 Å². The van der Waals surface area contributed by atoms with Gasteiger partial charge < -0.3 is 20.4 Å². The molecule has 2 unspecified atom stereocenters. The highest BCUT2D eigenvalue weighted by Gasteiger charge is 2.16. The molecule has 276 valence electrons. The second-order valence-electron chi connectivity index (χ2n) is 15.2. The van der Waals surface area contributed by atoms with Crippen molar-refractivity contribution in [2.75, 3.05) is 52.4 Å². The summed E-state index contributed by atoms with van der Waals surface area (Å²) in [5.74, 6) is 0. The Hall–Kier alpha value is -0.160. The van der Waals surface area contributed by atoms with Crippen LogP contribution in [0.25, 0.3) is 0 Å². The molecule has 0 bridgehead atoms. The van der Waals surface area contributed by atoms with Crippen molar-refractivity contribution in [3.05, 3.63) is 0 Å². The van der Waals surface area contributed by atoms with E-state index in [1.165, 1.54) is 232 Å². The van der Waals surface area contributed by atoms with Crippen LogP contribution in [0, 0.1) is 0 Å². The van der Waals surface area contributed by atoms with Gasteiger partial charge in [0.25, 0.3) is 0 Å². The van der Waals surface area contributed by atoms with Crippen molar-refractivity contribution in [2.45, 2.75) is 220 Å². The van der Waals surface area contributed by atoms with E-state index in [4.69, 9.17) is 0 Å². The van der Waals surface area contributed by atoms with Gasteiger partial charge in [0.2, 0.25) is 0 Å². The van der Waals surface area contributed by atoms with Crippen LogP contribution in [0.2, 0.25) is 0 Å². The van der Waals surface area contributed by atoms with Crippen molar-refractivity contribution >= 4 is 0 Å². The van der Waals surface area contributed by atoms with Gasteiger partial charge in [-0.15, -0.1) is 0 Å². The lowest BCUT2D eigenvalue weighted by atomic mass is 10.0. The van der Waals surface area contributed by atoms with Gasteiger partial charge in [-0.25, -0.2) is 0 Å². The molecule has 4 nitrogen and oxygen atoms in total. The van der Waals surface area contributed by atoms with Gasteiger partial charge in [-0.2, -0.15) is 0 Å². The summed E-state index contributed by atoms with van der Waals surface area (Å²) in [5.41, 5.74) is 0. The van der Waals surface area contributed by atoms with Crippen LogP contribution >= 0.6 is 0 Å². The van der Waals surface area contributed by atoms with Gasteiger partial charge in [-0.3, -0.25) is 0 Å². The Morgan fingerprint density at radius 1 is 0.370 bits per heavy atom. The van der Waals surface area contributed by atoms with Crippen LogP contribution in [0.5, 0.6) is 0 Å². The van der Waals surface area contributed by atoms with E-state index in [1.807, 2.05) is 0 Å². The van der Waals surface area contributed by atoms with Crippen LogP contribution in [0.15, 0.2) is 0 Å². The van der Waals surface area contributed by atoms with Crippen LogP contribution in [0.1, 0.15) is 207 Å². The fraction of sp³-hybridized carbons (Fsp3) is 1.00. The van der Waals surface area contributed by atoms with E-state index < -0.39 is 0 Å². The molecule has 1 aliphatic heterocycles. The normalized spacial score (nSPS) is 15.9. The standard InChI is InChI=1S/C42H88N4/c1-5-9-11-13-15-17-19-21-23-25-27-31-41(7-3)43-33-29-35-45-37-39-46(40-38-45)36-30-34-44-42(8-4)32-28-26-24-22-20-18-16-14-12-10-6-2/h41-44H,5-40H2,1-4H3. The summed E-state index contributed by atoms with van der Waals surface area (Å²) in [6.45, 7) is 19.3. The van der Waals surface area contributed by atoms with Crippen LogP contribution < -0.4 is 10.6 Å². The maximum Gasteiger partial charge on any atom is 0.0110 e. The Balaban J connectivity index is 1.92. The largest absolute Gasteiger partial charge is 0.314 e. The molecule has 4 heteroatoms. The lowest BCUT2D eigenvalue weighted by Gasteiger charge is -2.35. The number of hydrogen-bond donors (Lipinski definition) is 2. The van der Waals surface area contributed by atoms with Crippen molar-refractivity contribution in [1.82, 2.24) is 20.4 Å². The first-order valence-corrected chi connectivity index (χ1v) is 21.6. The molecule has 2 atom stereocenters. The second-order valence-corrected chi connectivity index (χ2v) is 15.2. The first-order chi connectivity index (χ1) is 22.7. The third kappa shape index (κ3) is 27.8. The smallest absolute Gasteiger partial charge is 0.0110 e. The predicted octanol–water partition coefficient (Wildman–Crippen LogP) is 11.5. The summed E-state index contributed by atoms with van der Waals surface area (Å²) in [6.07, 6.45) is 39.7. The Bertz CT molecular complexity index is 526. The monoisotopic (exact) mass is 649 g/mol. The molecule has 0 radical (unpaired) electrons. The molecular formula is C42H88N4. The van der Waals surface area contributed by atoms with Crippen molar-refractivity contribution in [1.29, 1.82) is 0 Å². The lowest BCUT2D eigenvalue weighted by molar-refractivity contribution is 0.129. The number of piperazine rings is 1. The Kier molecular flexibility index (Phi) is 33.1. The number of nitrogens with one attached hydrogen (secondary N) is 2. The molecule has 1 saturated heterocycles. The molecule has 46 heavy (non-hydrogen) atoms. The molecule has 0 aromatic rings. The molecule has 1 aliphatic rings. The maximum absolute atomic E-state index is 3.89. The molecule has 0 amide bonds. The van der Waals surface area contributed by atoms with E-state index in [0.717, 1.165) is 12.1 Å². The third-order valence-corrected chi connectivity index (χ3v) is 10.9. The lowest BCUT2D eigenvalue weighted by Crippen LogP contribution is -2.47. The van der Waals surface area contributed by atoms with Crippen molar-refractivity contribution < 1.29 is 0 Å². The topological polar surface area (TPSA) is 30.5 Å². The molecule has 1 heterocycles. The van der Waals surface area contributed by atoms with Gasteiger partial charge in [-0.1, -0.05) is 169 Å². The van der Waals surface area contributed by atoms with E-state index in [1.54, 1.807) is 0 Å². The van der Waals surface area contributed by atoms with Crippen LogP contribution in [-0.2, 0) is 0 Å². The third-order valence-electron chi connectivity index (χ3n) is 10.9. The molecular weight excluding hydrogens is 560 g/mol. The number of unbranched alkanes of at least 4 members (excludes halogenated alkanes) is 20. The van der Waals surface area contributed by atoms with Gasteiger partial charge in [0, 0.05) is 38.3 Å². The second kappa shape index (κ2) is 34.7. The van der Waals surface area contributed by atoms with E-state index in [0.29, 0.717) is 0 Å². The number of hydrogen-bond acceptors (Lipinski definition) is 4. The fourth-order valence-electron chi connectivity index (χ4n) is 7.47. The van der Waals surface area contributed by atoms with E-state index in [9.17, 15) is 0 Å². The maximum atomic E-state index is 3.89. The average molecular weight is 649 g/mol. The SMILES string of the molecule is CCCCCCCCCCCCCC(CC)NCCCN1CCN(CCCNC(CC)CCCCCCCCCCCCC)CC1. The summed E-state index contributed by atoms with van der Waals surface area (Å²) in [5, 5.41) is 7.78. The highest BCUT2D eigenvalue weighted by Crippen LogP contribution is 2.15. The minimum atomic E-state index is 0.732. The zero-order valence-corrected chi connectivity index (χ0v) is 32.5. The molecule has 0 aliphatic carbocycles. The summed E-state index contributed by atoms with van der Waals surface area (Å²) in [7, 11) is 0. The Labute approximate surface area is 291 Å². The summed E-state index contributed by atoms with van der Waals surface area (Å²) in [4.78, 5) is 5.42. The summed E-state index contributed by atoms with van der Waals surface area (Å²) < 4.78 is 0. The van der Waals surface area contributed by atoms with Crippen LogP contribution in [-0.4, -0.2) is 74.2 Å². The van der Waals surface area contributed by atoms with Gasteiger partial charge in [-0.05, 0) is 64.7 Å².